The fourth-order valence-corrected chi connectivity index (χ4v) is 4.05. The second-order valence-corrected chi connectivity index (χ2v) is 7.23. The van der Waals surface area contributed by atoms with Gasteiger partial charge in [0.2, 0.25) is 0 Å². The van der Waals surface area contributed by atoms with Crippen LogP contribution in [0.1, 0.15) is 16.7 Å². The van der Waals surface area contributed by atoms with Crippen LogP contribution in [-0.4, -0.2) is 36.0 Å². The van der Waals surface area contributed by atoms with Gasteiger partial charge in [0, 0.05) is 12.7 Å². The lowest BCUT2D eigenvalue weighted by atomic mass is 9.98. The molecule has 7 nitrogen and oxygen atoms in total. The highest BCUT2D eigenvalue weighted by Gasteiger charge is 2.25. The molecular weight excluding hydrogens is 330 g/mol. The average molecular weight is 347 g/mol. The quantitative estimate of drug-likeness (QED) is 0.887. The van der Waals surface area contributed by atoms with Crippen molar-refractivity contribution < 1.29 is 18.3 Å². The van der Waals surface area contributed by atoms with Gasteiger partial charge in [-0.25, -0.2) is 9.78 Å². The molecule has 1 amide bonds. The van der Waals surface area contributed by atoms with Gasteiger partial charge in [0.1, 0.15) is 0 Å². The summed E-state index contributed by atoms with van der Waals surface area (Å²) in [5, 5.41) is 9.15. The molecule has 8 heteroatoms. The summed E-state index contributed by atoms with van der Waals surface area (Å²) in [6.07, 6.45) is 0.965. The molecule has 1 aromatic heterocycles. The summed E-state index contributed by atoms with van der Waals surface area (Å²) in [6, 6.07) is 8.63. The van der Waals surface area contributed by atoms with Gasteiger partial charge in [0.25, 0.3) is 10.0 Å². The van der Waals surface area contributed by atoms with Crippen LogP contribution in [-0.2, 0) is 23.0 Å². The maximum Gasteiger partial charge on any atom is 0.407 e. The zero-order valence-electron chi connectivity index (χ0n) is 13.1. The molecule has 2 aromatic rings. The molecule has 1 aliphatic rings. The highest BCUT2D eigenvalue weighted by Crippen LogP contribution is 2.28. The first-order chi connectivity index (χ1) is 11.4. The number of aryl methyl sites for hydroxylation is 1. The molecule has 2 heterocycles. The molecule has 0 unspecified atom stereocenters. The first-order valence-electron chi connectivity index (χ1n) is 7.41. The lowest BCUT2D eigenvalue weighted by Crippen LogP contribution is -2.35. The maximum atomic E-state index is 12.6. The van der Waals surface area contributed by atoms with Crippen molar-refractivity contribution in [2.75, 3.05) is 11.3 Å². The number of hydrogen-bond donors (Lipinski definition) is 2. The molecule has 0 radical (unpaired) electrons. The van der Waals surface area contributed by atoms with E-state index in [-0.39, 0.29) is 11.6 Å². The smallest absolute Gasteiger partial charge is 0.407 e. The minimum Gasteiger partial charge on any atom is -0.465 e. The van der Waals surface area contributed by atoms with Crippen LogP contribution in [0.15, 0.2) is 41.6 Å². The summed E-state index contributed by atoms with van der Waals surface area (Å²) in [6.45, 7) is 2.23. The van der Waals surface area contributed by atoms with Crippen LogP contribution in [0.3, 0.4) is 0 Å². The van der Waals surface area contributed by atoms with E-state index in [2.05, 4.69) is 9.71 Å². The molecule has 24 heavy (non-hydrogen) atoms. The number of nitrogens with one attached hydrogen (secondary N) is 1. The van der Waals surface area contributed by atoms with Gasteiger partial charge >= 0.3 is 6.09 Å². The predicted molar refractivity (Wildman–Crippen MR) is 88.4 cm³/mol. The largest absolute Gasteiger partial charge is 0.465 e. The first kappa shape index (κ1) is 16.3. The van der Waals surface area contributed by atoms with Crippen LogP contribution < -0.4 is 4.72 Å². The number of fused-ring (bicyclic) bond motifs is 1. The fourth-order valence-electron chi connectivity index (χ4n) is 2.79. The summed E-state index contributed by atoms with van der Waals surface area (Å²) in [5.41, 5.74) is 2.57. The van der Waals surface area contributed by atoms with E-state index < -0.39 is 16.1 Å². The number of carboxylic acid groups (broad SMARTS) is 1. The second-order valence-electron chi connectivity index (χ2n) is 5.63. The van der Waals surface area contributed by atoms with Crippen LogP contribution in [0.2, 0.25) is 0 Å². The number of amides is 1. The summed E-state index contributed by atoms with van der Waals surface area (Å²) in [5.74, 6) is 0. The Hall–Kier alpha value is -2.61. The van der Waals surface area contributed by atoms with E-state index in [1.54, 1.807) is 31.2 Å². The van der Waals surface area contributed by atoms with Crippen LogP contribution in [0.4, 0.5) is 10.5 Å². The number of aromatic nitrogens is 1. The van der Waals surface area contributed by atoms with Gasteiger partial charge in [0.15, 0.2) is 5.03 Å². The van der Waals surface area contributed by atoms with Gasteiger partial charge in [-0.1, -0.05) is 18.2 Å². The van der Waals surface area contributed by atoms with E-state index >= 15 is 0 Å². The summed E-state index contributed by atoms with van der Waals surface area (Å²) in [7, 11) is -3.84. The van der Waals surface area contributed by atoms with E-state index in [1.165, 1.54) is 11.1 Å². The molecule has 1 aliphatic heterocycles. The number of pyridine rings is 1. The molecule has 0 spiro atoms. The van der Waals surface area contributed by atoms with Crippen LogP contribution in [0.25, 0.3) is 0 Å². The Bertz CT molecular complexity index is 896. The van der Waals surface area contributed by atoms with E-state index in [0.717, 1.165) is 5.56 Å². The molecule has 0 bridgehead atoms. The normalized spacial score (nSPS) is 14.1. The standard InChI is InChI=1S/C16H17N3O4S/c1-11-4-3-8-17-15(11)24(22,23)18-14-6-2-5-12-7-9-19(16(20)21)10-13(12)14/h2-6,8,18H,7,9-10H2,1H3,(H,20,21). The lowest BCUT2D eigenvalue weighted by molar-refractivity contribution is 0.140. The molecule has 0 atom stereocenters. The van der Waals surface area contributed by atoms with Gasteiger partial charge in [-0.15, -0.1) is 0 Å². The van der Waals surface area contributed by atoms with E-state index in [1.807, 2.05) is 6.07 Å². The Kier molecular flexibility index (Phi) is 4.15. The van der Waals surface area contributed by atoms with Crippen molar-refractivity contribution >= 4 is 21.8 Å². The van der Waals surface area contributed by atoms with Crippen molar-refractivity contribution in [2.45, 2.75) is 24.9 Å². The van der Waals surface area contributed by atoms with E-state index in [0.29, 0.717) is 29.8 Å². The monoisotopic (exact) mass is 347 g/mol. The Labute approximate surface area is 140 Å². The average Bonchev–Trinajstić information content (AvgIpc) is 2.54. The molecule has 0 aliphatic carbocycles. The number of rotatable bonds is 3. The zero-order chi connectivity index (χ0) is 17.3. The van der Waals surface area contributed by atoms with Gasteiger partial charge in [-0.3, -0.25) is 4.72 Å². The Morgan fingerprint density at radius 2 is 2.08 bits per heavy atom. The third-order valence-electron chi connectivity index (χ3n) is 4.00. The summed E-state index contributed by atoms with van der Waals surface area (Å²) >= 11 is 0. The van der Waals surface area contributed by atoms with Gasteiger partial charge in [0.05, 0.1) is 12.2 Å². The van der Waals surface area contributed by atoms with Gasteiger partial charge in [-0.2, -0.15) is 8.42 Å². The fraction of sp³-hybridized carbons (Fsp3) is 0.250. The minimum absolute atomic E-state index is 0.0338. The Morgan fingerprint density at radius 3 is 2.79 bits per heavy atom. The molecule has 1 aromatic carbocycles. The zero-order valence-corrected chi connectivity index (χ0v) is 13.9. The molecule has 0 saturated carbocycles. The Morgan fingerprint density at radius 1 is 1.29 bits per heavy atom. The summed E-state index contributed by atoms with van der Waals surface area (Å²) in [4.78, 5) is 16.4. The molecule has 0 saturated heterocycles. The van der Waals surface area contributed by atoms with Crippen LogP contribution >= 0.6 is 0 Å². The molecule has 126 valence electrons. The van der Waals surface area contributed by atoms with Crippen molar-refractivity contribution in [1.82, 2.24) is 9.88 Å². The number of benzene rings is 1. The molecule has 0 fully saturated rings. The lowest BCUT2D eigenvalue weighted by Gasteiger charge is -2.28. The van der Waals surface area contributed by atoms with Gasteiger partial charge < -0.3 is 10.0 Å². The number of hydrogen-bond acceptors (Lipinski definition) is 4. The van der Waals surface area contributed by atoms with Crippen molar-refractivity contribution in [3.63, 3.8) is 0 Å². The number of nitrogens with zero attached hydrogens (tertiary/aromatic N) is 2. The maximum absolute atomic E-state index is 12.6. The van der Waals surface area contributed by atoms with E-state index in [9.17, 15) is 18.3 Å². The highest BCUT2D eigenvalue weighted by molar-refractivity contribution is 7.92. The molecule has 2 N–H and O–H groups in total. The SMILES string of the molecule is Cc1cccnc1S(=O)(=O)Nc1cccc2c1CN(C(=O)O)CC2. The molecule has 3 rings (SSSR count). The number of anilines is 1. The third-order valence-corrected chi connectivity index (χ3v) is 5.43. The van der Waals surface area contributed by atoms with Crippen LogP contribution in [0.5, 0.6) is 0 Å². The molecular formula is C16H17N3O4S. The third kappa shape index (κ3) is 3.05. The minimum atomic E-state index is -3.84. The van der Waals surface area contributed by atoms with Crippen molar-refractivity contribution in [2.24, 2.45) is 0 Å². The van der Waals surface area contributed by atoms with Gasteiger partial charge in [-0.05, 0) is 42.2 Å². The van der Waals surface area contributed by atoms with Crippen molar-refractivity contribution in [3.8, 4) is 0 Å². The number of carbonyl (C=O) groups is 1. The number of sulfonamides is 1. The predicted octanol–water partition coefficient (Wildman–Crippen LogP) is 2.23. The van der Waals surface area contributed by atoms with Crippen molar-refractivity contribution in [1.29, 1.82) is 0 Å². The second kappa shape index (κ2) is 6.12. The Balaban J connectivity index is 1.97. The first-order valence-corrected chi connectivity index (χ1v) is 8.90. The topological polar surface area (TPSA) is 99.6 Å². The van der Waals surface area contributed by atoms with E-state index in [4.69, 9.17) is 0 Å². The van der Waals surface area contributed by atoms with Crippen LogP contribution in [0, 0.1) is 6.92 Å². The van der Waals surface area contributed by atoms with Crippen molar-refractivity contribution in [3.05, 3.63) is 53.2 Å². The highest BCUT2D eigenvalue weighted by atomic mass is 32.2. The summed E-state index contributed by atoms with van der Waals surface area (Å²) < 4.78 is 27.8.